The van der Waals surface area contributed by atoms with E-state index in [0.29, 0.717) is 32.1 Å². The second kappa shape index (κ2) is 9.35. The molecule has 2 rings (SSSR count). The predicted octanol–water partition coefficient (Wildman–Crippen LogP) is 1.78. The summed E-state index contributed by atoms with van der Waals surface area (Å²) in [6.45, 7) is 2.72. The highest BCUT2D eigenvalue weighted by Crippen LogP contribution is 2.29. The average Bonchev–Trinajstić information content (AvgIpc) is 2.51. The summed E-state index contributed by atoms with van der Waals surface area (Å²) in [5.41, 5.74) is 1.60. The van der Waals surface area contributed by atoms with Crippen LogP contribution in [0.1, 0.15) is 0 Å². The Morgan fingerprint density at radius 2 is 1.83 bits per heavy atom. The zero-order chi connectivity index (χ0) is 16.0. The van der Waals surface area contributed by atoms with Crippen LogP contribution < -0.4 is 10.6 Å². The number of hydrogen-bond acceptors (Lipinski definition) is 5. The first-order valence-corrected chi connectivity index (χ1v) is 7.72. The van der Waals surface area contributed by atoms with Crippen LogP contribution in [0.2, 0.25) is 0 Å². The number of aliphatic imine (C=N–C) groups is 1. The maximum atomic E-state index is 12.0. The number of piperazine rings is 1. The molecule has 0 aromatic carbocycles. The van der Waals surface area contributed by atoms with Gasteiger partial charge in [-0.2, -0.15) is 13.2 Å². The number of thioether (sulfide) groups is 1. The van der Waals surface area contributed by atoms with E-state index in [1.807, 2.05) is 9.80 Å². The van der Waals surface area contributed by atoms with Crippen LogP contribution in [0.5, 0.6) is 0 Å². The zero-order valence-corrected chi connectivity index (χ0v) is 15.4. The maximum Gasteiger partial charge on any atom is 0.441 e. The number of anilines is 1. The summed E-state index contributed by atoms with van der Waals surface area (Å²) in [4.78, 5) is 16.3. The van der Waals surface area contributed by atoms with Gasteiger partial charge in [-0.05, 0) is 17.8 Å². The van der Waals surface area contributed by atoms with Gasteiger partial charge in [0.1, 0.15) is 0 Å². The number of hydrogen-bond donors (Lipinski definition) is 1. The Morgan fingerprint density at radius 3 is 2.39 bits per heavy atom. The van der Waals surface area contributed by atoms with Crippen molar-refractivity contribution < 1.29 is 13.2 Å². The first-order chi connectivity index (χ1) is 10.5. The standard InChI is InChI=1S/C12H17F3N6S.HI/c13-12(14,15)22-9-4-17-10(16)20-5-7-21(8-6-20)11-18-2-1-3-19-11;/h1-3H,4-9H2,(H2,16,17);1H. The number of rotatable bonds is 4. The third-order valence-electron chi connectivity index (χ3n) is 3.07. The smallest absolute Gasteiger partial charge is 0.370 e. The summed E-state index contributed by atoms with van der Waals surface area (Å²) in [5.74, 6) is 0.831. The molecule has 0 amide bonds. The number of nitrogens with two attached hydrogens (primary N) is 1. The third kappa shape index (κ3) is 6.97. The molecular weight excluding hydrogens is 444 g/mol. The predicted molar refractivity (Wildman–Crippen MR) is 96.2 cm³/mol. The van der Waals surface area contributed by atoms with Gasteiger partial charge in [0.15, 0.2) is 5.96 Å². The van der Waals surface area contributed by atoms with E-state index in [1.165, 1.54) is 0 Å². The largest absolute Gasteiger partial charge is 0.441 e. The lowest BCUT2D eigenvalue weighted by molar-refractivity contribution is -0.0327. The molecule has 6 nitrogen and oxygen atoms in total. The fourth-order valence-corrected chi connectivity index (χ4v) is 2.43. The fraction of sp³-hybridized carbons (Fsp3) is 0.583. The average molecular weight is 462 g/mol. The molecule has 0 radical (unpaired) electrons. The van der Waals surface area contributed by atoms with Crippen molar-refractivity contribution in [3.8, 4) is 0 Å². The Labute approximate surface area is 153 Å². The summed E-state index contributed by atoms with van der Waals surface area (Å²) >= 11 is -0.0860. The summed E-state index contributed by atoms with van der Waals surface area (Å²) in [5, 5.41) is 0. The van der Waals surface area contributed by atoms with Crippen LogP contribution in [0.15, 0.2) is 23.5 Å². The first kappa shape index (κ1) is 20.1. The van der Waals surface area contributed by atoms with E-state index in [1.54, 1.807) is 18.5 Å². The second-order valence-electron chi connectivity index (χ2n) is 4.56. The minimum atomic E-state index is -4.22. The molecule has 11 heteroatoms. The summed E-state index contributed by atoms with van der Waals surface area (Å²) in [6, 6.07) is 1.75. The van der Waals surface area contributed by atoms with Crippen LogP contribution in [0.4, 0.5) is 19.1 Å². The van der Waals surface area contributed by atoms with Gasteiger partial charge in [-0.3, -0.25) is 4.99 Å². The lowest BCUT2D eigenvalue weighted by Crippen LogP contribution is -2.51. The molecule has 130 valence electrons. The van der Waals surface area contributed by atoms with Gasteiger partial charge in [-0.1, -0.05) is 0 Å². The van der Waals surface area contributed by atoms with E-state index in [-0.39, 0.29) is 54.0 Å². The van der Waals surface area contributed by atoms with Crippen LogP contribution in [0, 0.1) is 0 Å². The number of guanidine groups is 1. The van der Waals surface area contributed by atoms with Crippen LogP contribution in [0.3, 0.4) is 0 Å². The Balaban J connectivity index is 0.00000264. The Kier molecular flexibility index (Phi) is 8.16. The fourth-order valence-electron chi connectivity index (χ4n) is 2.01. The van der Waals surface area contributed by atoms with Gasteiger partial charge in [0.25, 0.3) is 0 Å². The van der Waals surface area contributed by atoms with Gasteiger partial charge in [0.2, 0.25) is 5.95 Å². The lowest BCUT2D eigenvalue weighted by atomic mass is 10.3. The topological polar surface area (TPSA) is 70.6 Å². The first-order valence-electron chi connectivity index (χ1n) is 6.73. The maximum absolute atomic E-state index is 12.0. The van der Waals surface area contributed by atoms with Crippen molar-refractivity contribution in [3.05, 3.63) is 18.5 Å². The van der Waals surface area contributed by atoms with Crippen molar-refractivity contribution in [2.45, 2.75) is 5.51 Å². The number of aromatic nitrogens is 2. The molecule has 0 atom stereocenters. The van der Waals surface area contributed by atoms with Crippen LogP contribution in [0.25, 0.3) is 0 Å². The Hall–Kier alpha value is -0.980. The molecule has 0 aliphatic carbocycles. The highest BCUT2D eigenvalue weighted by atomic mass is 127. The van der Waals surface area contributed by atoms with Gasteiger partial charge >= 0.3 is 5.51 Å². The molecule has 1 aromatic rings. The lowest BCUT2D eigenvalue weighted by Gasteiger charge is -2.35. The molecule has 0 bridgehead atoms. The van der Waals surface area contributed by atoms with Gasteiger partial charge in [0, 0.05) is 44.3 Å². The summed E-state index contributed by atoms with van der Waals surface area (Å²) in [7, 11) is 0. The minimum absolute atomic E-state index is 0. The Morgan fingerprint density at radius 1 is 1.22 bits per heavy atom. The van der Waals surface area contributed by atoms with E-state index in [4.69, 9.17) is 5.73 Å². The summed E-state index contributed by atoms with van der Waals surface area (Å²) in [6.07, 6.45) is 3.37. The van der Waals surface area contributed by atoms with E-state index in [2.05, 4.69) is 15.0 Å². The number of nitrogens with zero attached hydrogens (tertiary/aromatic N) is 5. The molecule has 1 aliphatic rings. The molecule has 1 fully saturated rings. The van der Waals surface area contributed by atoms with Gasteiger partial charge in [-0.25, -0.2) is 9.97 Å². The quantitative estimate of drug-likeness (QED) is 0.319. The molecule has 0 saturated carbocycles. The summed E-state index contributed by atoms with van der Waals surface area (Å²) < 4.78 is 36.0. The Bertz CT molecular complexity index is 493. The molecule has 1 aromatic heterocycles. The van der Waals surface area contributed by atoms with Crippen molar-refractivity contribution in [3.63, 3.8) is 0 Å². The monoisotopic (exact) mass is 462 g/mol. The van der Waals surface area contributed by atoms with Crippen LogP contribution in [-0.4, -0.2) is 64.8 Å². The molecular formula is C12H18F3IN6S. The minimum Gasteiger partial charge on any atom is -0.370 e. The van der Waals surface area contributed by atoms with Gasteiger partial charge < -0.3 is 15.5 Å². The van der Waals surface area contributed by atoms with Gasteiger partial charge in [-0.15, -0.1) is 24.0 Å². The molecule has 2 N–H and O–H groups in total. The highest BCUT2D eigenvalue weighted by Gasteiger charge is 2.27. The third-order valence-corrected chi connectivity index (χ3v) is 3.78. The van der Waals surface area contributed by atoms with E-state index in [0.717, 1.165) is 0 Å². The zero-order valence-electron chi connectivity index (χ0n) is 12.2. The van der Waals surface area contributed by atoms with Crippen LogP contribution in [-0.2, 0) is 0 Å². The van der Waals surface area contributed by atoms with Gasteiger partial charge in [0.05, 0.1) is 6.54 Å². The molecule has 1 aliphatic heterocycles. The van der Waals surface area contributed by atoms with Crippen molar-refractivity contribution in [1.82, 2.24) is 14.9 Å². The highest BCUT2D eigenvalue weighted by molar-refractivity contribution is 14.0. The van der Waals surface area contributed by atoms with E-state index < -0.39 is 5.51 Å². The number of alkyl halides is 3. The van der Waals surface area contributed by atoms with E-state index in [9.17, 15) is 13.2 Å². The molecule has 0 unspecified atom stereocenters. The van der Waals surface area contributed by atoms with Crippen molar-refractivity contribution >= 4 is 47.6 Å². The normalized spacial score (nSPS) is 16.2. The van der Waals surface area contributed by atoms with E-state index >= 15 is 0 Å². The van der Waals surface area contributed by atoms with Crippen molar-refractivity contribution in [1.29, 1.82) is 0 Å². The molecule has 1 saturated heterocycles. The molecule has 23 heavy (non-hydrogen) atoms. The SMILES string of the molecule is I.NC(=NCCSC(F)(F)F)N1CCN(c2ncccn2)CC1. The van der Waals surface area contributed by atoms with Crippen molar-refractivity contribution in [2.75, 3.05) is 43.4 Å². The van der Waals surface area contributed by atoms with Crippen LogP contribution >= 0.6 is 35.7 Å². The molecule has 2 heterocycles. The van der Waals surface area contributed by atoms with Crippen molar-refractivity contribution in [2.24, 2.45) is 10.7 Å². The number of halogens is 4. The second-order valence-corrected chi connectivity index (χ2v) is 5.72. The molecule has 0 spiro atoms.